The van der Waals surface area contributed by atoms with Crippen LogP contribution in [0.4, 0.5) is 5.82 Å². The number of hydrogen-bond acceptors (Lipinski definition) is 6. The minimum absolute atomic E-state index is 0.0104. The summed E-state index contributed by atoms with van der Waals surface area (Å²) < 4.78 is 7.68. The first-order valence-corrected chi connectivity index (χ1v) is 8.12. The third-order valence-electron chi connectivity index (χ3n) is 3.94. The number of rotatable bonds is 7. The van der Waals surface area contributed by atoms with Crippen molar-refractivity contribution in [2.24, 2.45) is 7.05 Å². The molecule has 0 spiro atoms. The van der Waals surface area contributed by atoms with Crippen LogP contribution in [0.2, 0.25) is 0 Å². The van der Waals surface area contributed by atoms with Gasteiger partial charge in [0.15, 0.2) is 5.78 Å². The van der Waals surface area contributed by atoms with E-state index >= 15 is 0 Å². The van der Waals surface area contributed by atoms with E-state index < -0.39 is 17.0 Å². The van der Waals surface area contributed by atoms with Crippen LogP contribution in [0.15, 0.2) is 26.1 Å². The van der Waals surface area contributed by atoms with Crippen molar-refractivity contribution in [2.75, 3.05) is 19.3 Å². The van der Waals surface area contributed by atoms with Gasteiger partial charge in [0.2, 0.25) is 0 Å². The van der Waals surface area contributed by atoms with Crippen LogP contribution in [-0.2, 0) is 20.1 Å². The quantitative estimate of drug-likeness (QED) is 0.741. The Morgan fingerprint density at radius 2 is 2.00 bits per heavy atom. The molecule has 2 aromatic heterocycles. The Labute approximate surface area is 145 Å². The van der Waals surface area contributed by atoms with Crippen LogP contribution in [0.3, 0.4) is 0 Å². The molecular weight excluding hydrogens is 324 g/mol. The molecule has 2 aromatic rings. The van der Waals surface area contributed by atoms with Crippen LogP contribution in [0.25, 0.3) is 0 Å². The number of nitrogen functional groups attached to an aromatic ring is 1. The number of aromatic nitrogens is 2. The topological polar surface area (TPSA) is 103 Å². The highest BCUT2D eigenvalue weighted by molar-refractivity contribution is 6.01. The number of ketones is 1. The van der Waals surface area contributed by atoms with Gasteiger partial charge in [-0.25, -0.2) is 4.79 Å². The monoisotopic (exact) mass is 348 g/mol. The number of furan rings is 1. The lowest BCUT2D eigenvalue weighted by Gasteiger charge is -2.17. The second kappa shape index (κ2) is 7.52. The zero-order chi connectivity index (χ0) is 18.7. The number of likely N-dealkylation sites (N-methyl/N-ethyl adjacent to an activating group) is 1. The van der Waals surface area contributed by atoms with Gasteiger partial charge in [0, 0.05) is 13.6 Å². The standard InChI is InChI=1S/C17H24N4O4/c1-5-8-21-15(18)14(16(23)20(4)17(21)24)13(22)10-19(3)9-12-7-6-11(2)25-12/h6-7H,5,8-10,18H2,1-4H3. The molecular formula is C17H24N4O4. The van der Waals surface area contributed by atoms with Gasteiger partial charge in [-0.15, -0.1) is 0 Å². The maximum absolute atomic E-state index is 12.6. The van der Waals surface area contributed by atoms with Crippen molar-refractivity contribution in [3.8, 4) is 0 Å². The molecule has 0 aromatic carbocycles. The SMILES string of the molecule is CCCn1c(N)c(C(=O)CN(C)Cc2ccc(C)o2)c(=O)n(C)c1=O. The normalized spacial score (nSPS) is 11.2. The summed E-state index contributed by atoms with van der Waals surface area (Å²) in [5, 5.41) is 0. The van der Waals surface area contributed by atoms with Crippen molar-refractivity contribution >= 4 is 11.6 Å². The second-order valence-corrected chi connectivity index (χ2v) is 6.17. The molecule has 0 saturated carbocycles. The lowest BCUT2D eigenvalue weighted by Crippen LogP contribution is -2.43. The largest absolute Gasteiger partial charge is 0.465 e. The maximum atomic E-state index is 12.6. The Kier molecular flexibility index (Phi) is 5.63. The van der Waals surface area contributed by atoms with Gasteiger partial charge >= 0.3 is 5.69 Å². The van der Waals surface area contributed by atoms with E-state index in [2.05, 4.69) is 0 Å². The molecule has 25 heavy (non-hydrogen) atoms. The van der Waals surface area contributed by atoms with E-state index in [1.807, 2.05) is 26.0 Å². The molecule has 0 atom stereocenters. The minimum Gasteiger partial charge on any atom is -0.465 e. The molecule has 2 N–H and O–H groups in total. The molecule has 0 bridgehead atoms. The molecule has 0 aliphatic rings. The number of hydrogen-bond donors (Lipinski definition) is 1. The fourth-order valence-corrected chi connectivity index (χ4v) is 2.70. The summed E-state index contributed by atoms with van der Waals surface area (Å²) >= 11 is 0. The summed E-state index contributed by atoms with van der Waals surface area (Å²) in [7, 11) is 3.10. The smallest absolute Gasteiger partial charge is 0.332 e. The van der Waals surface area contributed by atoms with Crippen LogP contribution in [0.5, 0.6) is 0 Å². The molecule has 2 rings (SSSR count). The third-order valence-corrected chi connectivity index (χ3v) is 3.94. The van der Waals surface area contributed by atoms with Crippen molar-refractivity contribution in [1.82, 2.24) is 14.0 Å². The molecule has 0 radical (unpaired) electrons. The zero-order valence-electron chi connectivity index (χ0n) is 15.0. The third kappa shape index (κ3) is 3.90. The summed E-state index contributed by atoms with van der Waals surface area (Å²) in [6.45, 7) is 4.49. The van der Waals surface area contributed by atoms with Gasteiger partial charge in [-0.05, 0) is 32.5 Å². The predicted octanol–water partition coefficient (Wildman–Crippen LogP) is 0.755. The molecule has 0 saturated heterocycles. The summed E-state index contributed by atoms with van der Waals surface area (Å²) in [5.74, 6) is 1.03. The van der Waals surface area contributed by atoms with E-state index in [0.29, 0.717) is 19.5 Å². The van der Waals surface area contributed by atoms with Crippen molar-refractivity contribution in [3.63, 3.8) is 0 Å². The van der Waals surface area contributed by atoms with Crippen LogP contribution >= 0.6 is 0 Å². The first-order chi connectivity index (χ1) is 11.8. The summed E-state index contributed by atoms with van der Waals surface area (Å²) in [4.78, 5) is 38.9. The number of nitrogens with two attached hydrogens (primary N) is 1. The number of anilines is 1. The summed E-state index contributed by atoms with van der Waals surface area (Å²) in [6.07, 6.45) is 0.660. The molecule has 8 heteroatoms. The van der Waals surface area contributed by atoms with Gasteiger partial charge in [0.05, 0.1) is 13.1 Å². The van der Waals surface area contributed by atoms with Crippen LogP contribution in [0, 0.1) is 6.92 Å². The average molecular weight is 348 g/mol. The zero-order valence-corrected chi connectivity index (χ0v) is 15.0. The Hall–Kier alpha value is -2.61. The highest BCUT2D eigenvalue weighted by Crippen LogP contribution is 2.11. The number of carbonyl (C=O) groups excluding carboxylic acids is 1. The first kappa shape index (κ1) is 18.7. The van der Waals surface area contributed by atoms with E-state index in [0.717, 1.165) is 16.1 Å². The Morgan fingerprint density at radius 1 is 1.32 bits per heavy atom. The second-order valence-electron chi connectivity index (χ2n) is 6.17. The summed E-state index contributed by atoms with van der Waals surface area (Å²) in [6, 6.07) is 3.69. The number of Topliss-reactive ketones (excluding diaryl/α,β-unsaturated/α-hetero) is 1. The van der Waals surface area contributed by atoms with Gasteiger partial charge in [-0.1, -0.05) is 6.92 Å². The summed E-state index contributed by atoms with van der Waals surface area (Å²) in [5.41, 5.74) is 4.65. The minimum atomic E-state index is -0.665. The molecule has 0 aliphatic heterocycles. The molecule has 2 heterocycles. The molecule has 0 fully saturated rings. The number of nitrogens with zero attached hydrogens (tertiary/aromatic N) is 3. The fraction of sp³-hybridized carbons (Fsp3) is 0.471. The number of aryl methyl sites for hydroxylation is 1. The van der Waals surface area contributed by atoms with Crippen LogP contribution in [0.1, 0.15) is 35.2 Å². The fourth-order valence-electron chi connectivity index (χ4n) is 2.70. The van der Waals surface area contributed by atoms with E-state index in [1.54, 1.807) is 11.9 Å². The van der Waals surface area contributed by atoms with Crippen molar-refractivity contribution in [3.05, 3.63) is 50.1 Å². The Bertz CT molecular complexity index is 891. The molecule has 136 valence electrons. The Morgan fingerprint density at radius 3 is 2.56 bits per heavy atom. The van der Waals surface area contributed by atoms with Crippen molar-refractivity contribution in [1.29, 1.82) is 0 Å². The maximum Gasteiger partial charge on any atom is 0.332 e. The van der Waals surface area contributed by atoms with E-state index in [4.69, 9.17) is 10.2 Å². The average Bonchev–Trinajstić information content (AvgIpc) is 2.94. The lowest BCUT2D eigenvalue weighted by molar-refractivity contribution is 0.0937. The van der Waals surface area contributed by atoms with Gasteiger partial charge in [-0.2, -0.15) is 0 Å². The number of carbonyl (C=O) groups is 1. The molecule has 8 nitrogen and oxygen atoms in total. The van der Waals surface area contributed by atoms with Gasteiger partial charge in [0.1, 0.15) is 22.9 Å². The van der Waals surface area contributed by atoms with Crippen LogP contribution in [-0.4, -0.2) is 33.4 Å². The van der Waals surface area contributed by atoms with Crippen molar-refractivity contribution < 1.29 is 9.21 Å². The highest BCUT2D eigenvalue weighted by atomic mass is 16.3. The lowest BCUT2D eigenvalue weighted by atomic mass is 10.1. The first-order valence-electron chi connectivity index (χ1n) is 8.12. The van der Waals surface area contributed by atoms with Crippen molar-refractivity contribution in [2.45, 2.75) is 33.4 Å². The van der Waals surface area contributed by atoms with E-state index in [-0.39, 0.29) is 17.9 Å². The van der Waals surface area contributed by atoms with Gasteiger partial charge < -0.3 is 10.2 Å². The molecule has 0 amide bonds. The van der Waals surface area contributed by atoms with Gasteiger partial charge in [-0.3, -0.25) is 23.6 Å². The predicted molar refractivity (Wildman–Crippen MR) is 94.8 cm³/mol. The Balaban J connectivity index is 2.29. The van der Waals surface area contributed by atoms with E-state index in [1.165, 1.54) is 11.6 Å². The molecule has 0 unspecified atom stereocenters. The highest BCUT2D eigenvalue weighted by Gasteiger charge is 2.22. The van der Waals surface area contributed by atoms with Gasteiger partial charge in [0.25, 0.3) is 5.56 Å². The van der Waals surface area contributed by atoms with Crippen LogP contribution < -0.4 is 17.0 Å². The molecule has 0 aliphatic carbocycles. The van der Waals surface area contributed by atoms with E-state index in [9.17, 15) is 14.4 Å².